The first kappa shape index (κ1) is 14.9. The summed E-state index contributed by atoms with van der Waals surface area (Å²) in [4.78, 5) is 5.48. The third kappa shape index (κ3) is 3.23. The van der Waals surface area contributed by atoms with E-state index in [1.807, 2.05) is 41.9 Å². The van der Waals surface area contributed by atoms with E-state index in [0.717, 1.165) is 26.9 Å². The van der Waals surface area contributed by atoms with Crippen molar-refractivity contribution in [2.45, 2.75) is 6.54 Å². The molecule has 0 saturated carbocycles. The van der Waals surface area contributed by atoms with E-state index in [2.05, 4.69) is 21.4 Å². The van der Waals surface area contributed by atoms with Gasteiger partial charge in [0, 0.05) is 28.4 Å². The van der Waals surface area contributed by atoms with Crippen LogP contribution >= 0.6 is 22.9 Å². The Morgan fingerprint density at radius 2 is 2.18 bits per heavy atom. The van der Waals surface area contributed by atoms with Gasteiger partial charge in [0.25, 0.3) is 0 Å². The van der Waals surface area contributed by atoms with Crippen molar-refractivity contribution in [3.8, 4) is 22.5 Å². The van der Waals surface area contributed by atoms with Gasteiger partial charge < -0.3 is 9.67 Å². The largest absolute Gasteiger partial charge is 0.384 e. The van der Waals surface area contributed by atoms with Gasteiger partial charge in [-0.15, -0.1) is 11.3 Å². The van der Waals surface area contributed by atoms with Gasteiger partial charge in [0.15, 0.2) is 0 Å². The van der Waals surface area contributed by atoms with Crippen molar-refractivity contribution in [1.29, 1.82) is 0 Å². The van der Waals surface area contributed by atoms with Gasteiger partial charge in [-0.25, -0.2) is 4.98 Å². The Labute approximate surface area is 137 Å². The van der Waals surface area contributed by atoms with Gasteiger partial charge in [-0.1, -0.05) is 41.6 Å². The van der Waals surface area contributed by atoms with Crippen LogP contribution in [0.5, 0.6) is 0 Å². The fourth-order valence-corrected chi connectivity index (χ4v) is 3.18. The van der Waals surface area contributed by atoms with Crippen molar-refractivity contribution >= 4 is 22.9 Å². The third-order valence-electron chi connectivity index (χ3n) is 3.15. The van der Waals surface area contributed by atoms with E-state index in [1.54, 1.807) is 17.5 Å². The molecule has 3 aromatic rings. The maximum atomic E-state index is 8.75. The second-order valence-electron chi connectivity index (χ2n) is 4.63. The Morgan fingerprint density at radius 1 is 1.32 bits per heavy atom. The fraction of sp³-hybridized carbons (Fsp3) is 0.118. The minimum Gasteiger partial charge on any atom is -0.384 e. The van der Waals surface area contributed by atoms with E-state index in [0.29, 0.717) is 6.54 Å². The maximum Gasteiger partial charge on any atom is 0.150 e. The molecule has 0 spiro atoms. The van der Waals surface area contributed by atoms with Gasteiger partial charge in [-0.3, -0.25) is 0 Å². The minimum absolute atomic E-state index is 0.133. The number of hydrogen-bond donors (Lipinski definition) is 1. The number of aliphatic hydroxyl groups is 1. The number of thiophene rings is 1. The zero-order valence-electron chi connectivity index (χ0n) is 11.7. The average Bonchev–Trinajstić information content (AvgIpc) is 3.16. The molecule has 0 amide bonds. The molecule has 110 valence electrons. The highest BCUT2D eigenvalue weighted by molar-refractivity contribution is 7.13. The van der Waals surface area contributed by atoms with Crippen LogP contribution in [-0.4, -0.2) is 21.3 Å². The van der Waals surface area contributed by atoms with Crippen molar-refractivity contribution < 1.29 is 5.11 Å². The molecule has 0 radical (unpaired) electrons. The lowest BCUT2D eigenvalue weighted by Crippen LogP contribution is -2.00. The number of halogens is 1. The van der Waals surface area contributed by atoms with Crippen LogP contribution in [0.3, 0.4) is 0 Å². The summed E-state index contributed by atoms with van der Waals surface area (Å²) in [6, 6.07) is 9.79. The standard InChI is InChI=1S/C17H13ClN2OS/c18-15-6-2-1-5-14(15)11-20-8-7-19-17(20)16-10-13(12-22-16)4-3-9-21/h1-2,5-8,10,12,21H,9,11H2. The Balaban J connectivity index is 1.89. The van der Waals surface area contributed by atoms with Crippen molar-refractivity contribution in [3.05, 3.63) is 64.3 Å². The van der Waals surface area contributed by atoms with Gasteiger partial charge in [-0.05, 0) is 17.7 Å². The Bertz CT molecular complexity index is 841. The quantitative estimate of drug-likeness (QED) is 0.745. The SMILES string of the molecule is OCC#Cc1csc(-c2nccn2Cc2ccccc2Cl)c1. The number of aliphatic hydroxyl groups excluding tert-OH is 1. The first-order chi connectivity index (χ1) is 10.8. The predicted molar refractivity (Wildman–Crippen MR) is 90.1 cm³/mol. The molecule has 2 heterocycles. The van der Waals surface area contributed by atoms with Crippen LogP contribution in [0.15, 0.2) is 48.1 Å². The van der Waals surface area contributed by atoms with Crippen LogP contribution < -0.4 is 0 Å². The normalized spacial score (nSPS) is 10.3. The van der Waals surface area contributed by atoms with Crippen LogP contribution in [0, 0.1) is 11.8 Å². The van der Waals surface area contributed by atoms with Crippen molar-refractivity contribution in [3.63, 3.8) is 0 Å². The molecule has 3 rings (SSSR count). The van der Waals surface area contributed by atoms with Crippen molar-refractivity contribution in [2.75, 3.05) is 6.61 Å². The summed E-state index contributed by atoms with van der Waals surface area (Å²) in [5.41, 5.74) is 1.95. The molecule has 5 heteroatoms. The molecule has 22 heavy (non-hydrogen) atoms. The summed E-state index contributed by atoms with van der Waals surface area (Å²) < 4.78 is 2.07. The van der Waals surface area contributed by atoms with E-state index in [4.69, 9.17) is 16.7 Å². The number of aromatic nitrogens is 2. The summed E-state index contributed by atoms with van der Waals surface area (Å²) in [7, 11) is 0. The Kier molecular flexibility index (Phi) is 4.59. The molecule has 0 aliphatic rings. The molecule has 2 aromatic heterocycles. The summed E-state index contributed by atoms with van der Waals surface area (Å²) in [6.07, 6.45) is 3.72. The summed E-state index contributed by atoms with van der Waals surface area (Å²) in [5.74, 6) is 6.45. The topological polar surface area (TPSA) is 38.1 Å². The smallest absolute Gasteiger partial charge is 0.150 e. The van der Waals surface area contributed by atoms with Crippen molar-refractivity contribution in [2.24, 2.45) is 0 Å². The van der Waals surface area contributed by atoms with Crippen LogP contribution in [0.25, 0.3) is 10.7 Å². The zero-order valence-corrected chi connectivity index (χ0v) is 13.2. The molecule has 0 unspecified atom stereocenters. The molecule has 0 aliphatic carbocycles. The number of benzene rings is 1. The minimum atomic E-state index is -0.133. The van der Waals surface area contributed by atoms with E-state index in [1.165, 1.54) is 0 Å². The van der Waals surface area contributed by atoms with Crippen LogP contribution in [0.2, 0.25) is 5.02 Å². The number of hydrogen-bond acceptors (Lipinski definition) is 3. The van der Waals surface area contributed by atoms with E-state index in [9.17, 15) is 0 Å². The highest BCUT2D eigenvalue weighted by Gasteiger charge is 2.10. The van der Waals surface area contributed by atoms with Crippen molar-refractivity contribution in [1.82, 2.24) is 9.55 Å². The molecular weight excluding hydrogens is 316 g/mol. The van der Waals surface area contributed by atoms with Gasteiger partial charge in [0.1, 0.15) is 12.4 Å². The Hall–Kier alpha value is -2.06. The van der Waals surface area contributed by atoms with Crippen LogP contribution in [0.1, 0.15) is 11.1 Å². The lowest BCUT2D eigenvalue weighted by molar-refractivity contribution is 0.350. The first-order valence-corrected chi connectivity index (χ1v) is 7.97. The summed E-state index contributed by atoms with van der Waals surface area (Å²) >= 11 is 7.81. The second-order valence-corrected chi connectivity index (χ2v) is 5.95. The van der Waals surface area contributed by atoms with Crippen LogP contribution in [-0.2, 0) is 6.54 Å². The highest BCUT2D eigenvalue weighted by Crippen LogP contribution is 2.27. The highest BCUT2D eigenvalue weighted by atomic mass is 35.5. The van der Waals surface area contributed by atoms with E-state index < -0.39 is 0 Å². The monoisotopic (exact) mass is 328 g/mol. The van der Waals surface area contributed by atoms with Gasteiger partial charge in [-0.2, -0.15) is 0 Å². The first-order valence-electron chi connectivity index (χ1n) is 6.71. The number of imidazole rings is 1. The lowest BCUT2D eigenvalue weighted by Gasteiger charge is -2.08. The van der Waals surface area contributed by atoms with E-state index >= 15 is 0 Å². The molecule has 0 fully saturated rings. The van der Waals surface area contributed by atoms with Gasteiger partial charge in [0.2, 0.25) is 0 Å². The molecular formula is C17H13ClN2OS. The fourth-order valence-electron chi connectivity index (χ4n) is 2.13. The maximum absolute atomic E-state index is 8.75. The molecule has 1 N–H and O–H groups in total. The number of nitrogens with zero attached hydrogens (tertiary/aromatic N) is 2. The second kappa shape index (κ2) is 6.80. The van der Waals surface area contributed by atoms with Gasteiger partial charge >= 0.3 is 0 Å². The third-order valence-corrected chi connectivity index (χ3v) is 4.44. The molecule has 0 atom stereocenters. The average molecular weight is 329 g/mol. The summed E-state index contributed by atoms with van der Waals surface area (Å²) in [5, 5.41) is 11.5. The molecule has 3 nitrogen and oxygen atoms in total. The van der Waals surface area contributed by atoms with Crippen LogP contribution in [0.4, 0.5) is 0 Å². The number of rotatable bonds is 3. The predicted octanol–water partition coefficient (Wildman–Crippen LogP) is 3.66. The zero-order chi connectivity index (χ0) is 15.4. The molecule has 1 aromatic carbocycles. The Morgan fingerprint density at radius 3 is 3.00 bits per heavy atom. The van der Waals surface area contributed by atoms with Gasteiger partial charge in [0.05, 0.1) is 11.4 Å². The molecule has 0 bridgehead atoms. The van der Waals surface area contributed by atoms with E-state index in [-0.39, 0.29) is 6.61 Å². The molecule has 0 saturated heterocycles. The molecule has 0 aliphatic heterocycles. The summed E-state index contributed by atoms with van der Waals surface area (Å²) in [6.45, 7) is 0.539. The lowest BCUT2D eigenvalue weighted by atomic mass is 10.2.